The Hall–Kier alpha value is -3.55. The minimum absolute atomic E-state index is 0.00587. The summed E-state index contributed by atoms with van der Waals surface area (Å²) in [7, 11) is 0. The number of ether oxygens (including phenoxy) is 2. The molecule has 34 heavy (non-hydrogen) atoms. The van der Waals surface area contributed by atoms with Crippen molar-refractivity contribution in [1.82, 2.24) is 10.6 Å². The molecule has 1 aliphatic rings. The van der Waals surface area contributed by atoms with E-state index in [0.29, 0.717) is 68.0 Å². The fourth-order valence-corrected chi connectivity index (χ4v) is 4.00. The molecule has 0 saturated heterocycles. The summed E-state index contributed by atoms with van der Waals surface area (Å²) in [6.07, 6.45) is 2.65. The van der Waals surface area contributed by atoms with Gasteiger partial charge in [-0.25, -0.2) is 0 Å². The number of nitrogens with one attached hydrogen (secondary N) is 2. The number of amides is 2. The van der Waals surface area contributed by atoms with Crippen LogP contribution in [0.25, 0.3) is 0 Å². The minimum atomic E-state index is -0.736. The maximum atomic E-state index is 12.5. The highest BCUT2D eigenvalue weighted by atomic mass is 16.5. The molecule has 3 rings (SSSR count). The number of carboxylic acids is 1. The van der Waals surface area contributed by atoms with E-state index >= 15 is 0 Å². The SMILES string of the molecule is CCOc1ccc(C(=O)NCCNC(=O)c2ccc(OC3CCC(C(=O)O)CC3)cc2C)cc1. The van der Waals surface area contributed by atoms with E-state index < -0.39 is 5.97 Å². The lowest BCUT2D eigenvalue weighted by molar-refractivity contribution is -0.143. The van der Waals surface area contributed by atoms with Crippen LogP contribution in [-0.4, -0.2) is 48.7 Å². The Bertz CT molecular complexity index is 997. The molecule has 0 atom stereocenters. The van der Waals surface area contributed by atoms with Gasteiger partial charge >= 0.3 is 5.97 Å². The molecule has 1 aliphatic carbocycles. The molecule has 0 heterocycles. The second-order valence-electron chi connectivity index (χ2n) is 8.38. The summed E-state index contributed by atoms with van der Waals surface area (Å²) in [4.78, 5) is 35.9. The normalized spacial score (nSPS) is 17.5. The number of aryl methyl sites for hydroxylation is 1. The molecule has 2 amide bonds. The average Bonchev–Trinajstić information content (AvgIpc) is 2.82. The van der Waals surface area contributed by atoms with Crippen molar-refractivity contribution in [1.29, 1.82) is 0 Å². The fraction of sp³-hybridized carbons (Fsp3) is 0.423. The van der Waals surface area contributed by atoms with Crippen LogP contribution in [0.3, 0.4) is 0 Å². The Balaban J connectivity index is 1.42. The number of benzene rings is 2. The van der Waals surface area contributed by atoms with Gasteiger partial charge in [-0.3, -0.25) is 14.4 Å². The second-order valence-corrected chi connectivity index (χ2v) is 8.38. The predicted molar refractivity (Wildman–Crippen MR) is 127 cm³/mol. The molecular weight excluding hydrogens is 436 g/mol. The van der Waals surface area contributed by atoms with E-state index in [1.165, 1.54) is 0 Å². The topological polar surface area (TPSA) is 114 Å². The van der Waals surface area contributed by atoms with Gasteiger partial charge in [0.1, 0.15) is 11.5 Å². The van der Waals surface area contributed by atoms with Crippen molar-refractivity contribution in [2.45, 2.75) is 45.6 Å². The molecule has 8 heteroatoms. The Kier molecular flexibility index (Phi) is 8.90. The zero-order valence-corrected chi connectivity index (χ0v) is 19.6. The van der Waals surface area contributed by atoms with Crippen LogP contribution in [0.4, 0.5) is 0 Å². The molecule has 1 fully saturated rings. The Morgan fingerprint density at radius 1 is 0.912 bits per heavy atom. The van der Waals surface area contributed by atoms with Gasteiger partial charge in [0.15, 0.2) is 0 Å². The van der Waals surface area contributed by atoms with Crippen molar-refractivity contribution in [3.05, 3.63) is 59.2 Å². The average molecular weight is 469 g/mol. The number of hydrogen-bond donors (Lipinski definition) is 3. The van der Waals surface area contributed by atoms with E-state index in [-0.39, 0.29) is 23.8 Å². The van der Waals surface area contributed by atoms with Crippen molar-refractivity contribution in [2.75, 3.05) is 19.7 Å². The van der Waals surface area contributed by atoms with E-state index in [1.54, 1.807) is 36.4 Å². The highest BCUT2D eigenvalue weighted by molar-refractivity contribution is 5.96. The van der Waals surface area contributed by atoms with Crippen molar-refractivity contribution < 1.29 is 29.0 Å². The third-order valence-corrected chi connectivity index (χ3v) is 5.89. The zero-order chi connectivity index (χ0) is 24.5. The lowest BCUT2D eigenvalue weighted by atomic mass is 9.87. The summed E-state index contributed by atoms with van der Waals surface area (Å²) in [6.45, 7) is 4.91. The van der Waals surface area contributed by atoms with Gasteiger partial charge in [0.25, 0.3) is 11.8 Å². The van der Waals surface area contributed by atoms with Gasteiger partial charge in [0, 0.05) is 24.2 Å². The van der Waals surface area contributed by atoms with Crippen LogP contribution in [0.1, 0.15) is 58.9 Å². The highest BCUT2D eigenvalue weighted by Crippen LogP contribution is 2.28. The summed E-state index contributed by atoms with van der Waals surface area (Å²) in [5.74, 6) is -0.0633. The van der Waals surface area contributed by atoms with E-state index in [4.69, 9.17) is 14.6 Å². The molecule has 3 N–H and O–H groups in total. The first kappa shape index (κ1) is 25.1. The van der Waals surface area contributed by atoms with Crippen LogP contribution >= 0.6 is 0 Å². The van der Waals surface area contributed by atoms with Crippen molar-refractivity contribution in [3.8, 4) is 11.5 Å². The van der Waals surface area contributed by atoms with Gasteiger partial charge in [-0.1, -0.05) is 0 Å². The van der Waals surface area contributed by atoms with Gasteiger partial charge in [-0.15, -0.1) is 0 Å². The van der Waals surface area contributed by atoms with Gasteiger partial charge in [-0.2, -0.15) is 0 Å². The molecule has 182 valence electrons. The molecule has 0 unspecified atom stereocenters. The van der Waals surface area contributed by atoms with E-state index in [0.717, 1.165) is 5.56 Å². The lowest BCUT2D eigenvalue weighted by Crippen LogP contribution is -2.35. The molecule has 2 aromatic carbocycles. The largest absolute Gasteiger partial charge is 0.494 e. The van der Waals surface area contributed by atoms with Crippen LogP contribution in [0.5, 0.6) is 11.5 Å². The van der Waals surface area contributed by atoms with Crippen molar-refractivity contribution in [2.24, 2.45) is 5.92 Å². The van der Waals surface area contributed by atoms with Gasteiger partial charge in [0.05, 0.1) is 18.6 Å². The van der Waals surface area contributed by atoms with Gasteiger partial charge in [-0.05, 0) is 87.6 Å². The van der Waals surface area contributed by atoms with Crippen molar-refractivity contribution >= 4 is 17.8 Å². The monoisotopic (exact) mass is 468 g/mol. The zero-order valence-electron chi connectivity index (χ0n) is 19.6. The van der Waals surface area contributed by atoms with E-state index in [9.17, 15) is 14.4 Å². The molecule has 2 aromatic rings. The van der Waals surface area contributed by atoms with Crippen LogP contribution in [0.2, 0.25) is 0 Å². The number of carbonyl (C=O) groups excluding carboxylic acids is 2. The summed E-state index contributed by atoms with van der Waals surface area (Å²) in [5.41, 5.74) is 1.85. The minimum Gasteiger partial charge on any atom is -0.494 e. The summed E-state index contributed by atoms with van der Waals surface area (Å²) in [6, 6.07) is 12.2. The summed E-state index contributed by atoms with van der Waals surface area (Å²) < 4.78 is 11.4. The summed E-state index contributed by atoms with van der Waals surface area (Å²) >= 11 is 0. The third-order valence-electron chi connectivity index (χ3n) is 5.89. The molecule has 0 bridgehead atoms. The number of carbonyl (C=O) groups is 3. The molecule has 0 aliphatic heterocycles. The smallest absolute Gasteiger partial charge is 0.306 e. The second kappa shape index (κ2) is 12.1. The van der Waals surface area contributed by atoms with Crippen LogP contribution in [-0.2, 0) is 4.79 Å². The lowest BCUT2D eigenvalue weighted by Gasteiger charge is -2.27. The number of hydrogen-bond acceptors (Lipinski definition) is 5. The van der Waals surface area contributed by atoms with E-state index in [2.05, 4.69) is 10.6 Å². The Morgan fingerprint density at radius 2 is 1.53 bits per heavy atom. The predicted octanol–water partition coefficient (Wildman–Crippen LogP) is 3.58. The molecule has 0 aromatic heterocycles. The van der Waals surface area contributed by atoms with E-state index in [1.807, 2.05) is 19.9 Å². The van der Waals surface area contributed by atoms with Crippen LogP contribution in [0.15, 0.2) is 42.5 Å². The summed E-state index contributed by atoms with van der Waals surface area (Å²) in [5, 5.41) is 14.7. The number of aliphatic carboxylic acids is 1. The number of rotatable bonds is 10. The van der Waals surface area contributed by atoms with Crippen molar-refractivity contribution in [3.63, 3.8) is 0 Å². The fourth-order valence-electron chi connectivity index (χ4n) is 4.00. The highest BCUT2D eigenvalue weighted by Gasteiger charge is 2.27. The van der Waals surface area contributed by atoms with Crippen LogP contribution < -0.4 is 20.1 Å². The first-order chi connectivity index (χ1) is 16.4. The van der Waals surface area contributed by atoms with Gasteiger partial charge < -0.3 is 25.2 Å². The maximum absolute atomic E-state index is 12.5. The Morgan fingerprint density at radius 3 is 2.12 bits per heavy atom. The molecule has 8 nitrogen and oxygen atoms in total. The number of carboxylic acid groups (broad SMARTS) is 1. The molecular formula is C26H32N2O6. The first-order valence-corrected chi connectivity index (χ1v) is 11.7. The quantitative estimate of drug-likeness (QED) is 0.460. The Labute approximate surface area is 199 Å². The molecule has 1 saturated carbocycles. The van der Waals surface area contributed by atoms with Crippen LogP contribution in [0, 0.1) is 12.8 Å². The first-order valence-electron chi connectivity index (χ1n) is 11.7. The maximum Gasteiger partial charge on any atom is 0.306 e. The standard InChI is InChI=1S/C26H32N2O6/c1-3-33-20-8-4-18(5-9-20)24(29)27-14-15-28-25(30)23-13-12-22(16-17(23)2)34-21-10-6-19(7-11-21)26(31)32/h4-5,8-9,12-13,16,19,21H,3,6-7,10-11,14-15H2,1-2H3,(H,27,29)(H,28,30)(H,31,32). The molecule has 0 spiro atoms. The van der Waals surface area contributed by atoms with Gasteiger partial charge in [0.2, 0.25) is 0 Å². The third kappa shape index (κ3) is 6.97. The molecule has 0 radical (unpaired) electrons.